The lowest BCUT2D eigenvalue weighted by Gasteiger charge is -2.27. The van der Waals surface area contributed by atoms with E-state index < -0.39 is 46.4 Å². The second-order valence-corrected chi connectivity index (χ2v) is 7.40. The van der Waals surface area contributed by atoms with Crippen molar-refractivity contribution >= 4 is 33.7 Å². The molecule has 2 aliphatic heterocycles. The van der Waals surface area contributed by atoms with E-state index in [-0.39, 0.29) is 29.5 Å². The second-order valence-electron chi connectivity index (χ2n) is 5.75. The van der Waals surface area contributed by atoms with Gasteiger partial charge >= 0.3 is 0 Å². The molecule has 132 valence electrons. The van der Waals surface area contributed by atoms with Crippen molar-refractivity contribution in [3.8, 4) is 0 Å². The summed E-state index contributed by atoms with van der Waals surface area (Å²) in [5.74, 6) is -2.53. The number of amides is 4. The maximum Gasteiger partial charge on any atom is 0.264 e. The fraction of sp³-hybridized carbons (Fsp3) is 0.333. The first-order valence-electron chi connectivity index (χ1n) is 7.37. The van der Waals surface area contributed by atoms with E-state index in [0.717, 1.165) is 11.2 Å². The monoisotopic (exact) mass is 366 g/mol. The van der Waals surface area contributed by atoms with E-state index in [0.29, 0.717) is 0 Å². The molecule has 10 heteroatoms. The maximum absolute atomic E-state index is 12.7. The number of piperidine rings is 1. The van der Waals surface area contributed by atoms with Crippen LogP contribution in [0.2, 0.25) is 0 Å². The Bertz CT molecular complexity index is 906. The highest BCUT2D eigenvalue weighted by Gasteiger charge is 2.45. The van der Waals surface area contributed by atoms with Gasteiger partial charge in [0.2, 0.25) is 11.8 Å². The molecule has 0 spiro atoms. The molecule has 1 fully saturated rings. The van der Waals surface area contributed by atoms with Crippen LogP contribution >= 0.6 is 0 Å². The Balaban J connectivity index is 1.94. The molecule has 0 saturated carbocycles. The van der Waals surface area contributed by atoms with Crippen LogP contribution in [0.3, 0.4) is 0 Å². The predicted octanol–water partition coefficient (Wildman–Crippen LogP) is -0.436. The van der Waals surface area contributed by atoms with Crippen LogP contribution in [0.4, 0.5) is 0 Å². The van der Waals surface area contributed by atoms with Gasteiger partial charge in [-0.1, -0.05) is 12.1 Å². The maximum atomic E-state index is 12.7. The number of carbonyl (C=O) groups is 4. The van der Waals surface area contributed by atoms with E-state index in [1.54, 1.807) is 0 Å². The fourth-order valence-corrected chi connectivity index (χ4v) is 3.22. The van der Waals surface area contributed by atoms with Crippen molar-refractivity contribution in [2.75, 3.05) is 6.26 Å². The third kappa shape index (κ3) is 3.17. The first-order chi connectivity index (χ1) is 11.7. The Hall–Kier alpha value is -2.59. The third-order valence-electron chi connectivity index (χ3n) is 3.98. The van der Waals surface area contributed by atoms with E-state index in [4.69, 9.17) is 4.18 Å². The lowest BCUT2D eigenvalue weighted by molar-refractivity contribution is -0.136. The smallest absolute Gasteiger partial charge is 0.264 e. The van der Waals surface area contributed by atoms with Gasteiger partial charge in [-0.05, 0) is 18.1 Å². The van der Waals surface area contributed by atoms with E-state index in [1.807, 2.05) is 0 Å². The van der Waals surface area contributed by atoms with Crippen LogP contribution in [0.15, 0.2) is 18.2 Å². The molecule has 0 aromatic heterocycles. The zero-order valence-corrected chi connectivity index (χ0v) is 14.0. The Labute approximate surface area is 143 Å². The van der Waals surface area contributed by atoms with Gasteiger partial charge in [0.05, 0.1) is 24.0 Å². The molecule has 4 amide bonds. The van der Waals surface area contributed by atoms with Gasteiger partial charge in [-0.15, -0.1) is 0 Å². The number of nitrogens with one attached hydrogen (secondary N) is 1. The summed E-state index contributed by atoms with van der Waals surface area (Å²) >= 11 is 0. The van der Waals surface area contributed by atoms with Gasteiger partial charge in [0.1, 0.15) is 6.04 Å². The van der Waals surface area contributed by atoms with Gasteiger partial charge in [-0.25, -0.2) is 0 Å². The van der Waals surface area contributed by atoms with Gasteiger partial charge in [0.25, 0.3) is 21.9 Å². The van der Waals surface area contributed by atoms with E-state index in [2.05, 4.69) is 5.32 Å². The summed E-state index contributed by atoms with van der Waals surface area (Å²) < 4.78 is 27.0. The van der Waals surface area contributed by atoms with Gasteiger partial charge < -0.3 is 0 Å². The minimum Gasteiger partial charge on any atom is -0.295 e. The Morgan fingerprint density at radius 2 is 1.92 bits per heavy atom. The number of nitrogens with zero attached hydrogens (tertiary/aromatic N) is 1. The van der Waals surface area contributed by atoms with Crippen molar-refractivity contribution in [1.82, 2.24) is 10.2 Å². The number of fused-ring (bicyclic) bond motifs is 1. The van der Waals surface area contributed by atoms with Crippen LogP contribution in [0.1, 0.15) is 39.1 Å². The van der Waals surface area contributed by atoms with Crippen molar-refractivity contribution in [2.24, 2.45) is 0 Å². The van der Waals surface area contributed by atoms with E-state index >= 15 is 0 Å². The number of imide groups is 2. The summed E-state index contributed by atoms with van der Waals surface area (Å²) in [4.78, 5) is 49.3. The summed E-state index contributed by atoms with van der Waals surface area (Å²) in [6, 6.07) is 3.32. The number of carbonyl (C=O) groups excluding carboxylic acids is 4. The SMILES string of the molecule is CS(=O)(=O)OCc1cccc2c1C(=O)N(C1CCC(=O)NC1=O)C2=O. The van der Waals surface area contributed by atoms with Gasteiger partial charge in [-0.2, -0.15) is 8.42 Å². The quantitative estimate of drug-likeness (QED) is 0.565. The molecule has 9 nitrogen and oxygen atoms in total. The Kier molecular flexibility index (Phi) is 4.17. The van der Waals surface area contributed by atoms with Crippen molar-refractivity contribution < 1.29 is 31.8 Å². The molecule has 0 bridgehead atoms. The molecular weight excluding hydrogens is 352 g/mol. The Morgan fingerprint density at radius 3 is 2.56 bits per heavy atom. The molecule has 1 saturated heterocycles. The molecule has 3 rings (SSSR count). The van der Waals surface area contributed by atoms with E-state index in [9.17, 15) is 27.6 Å². The second kappa shape index (κ2) is 6.05. The first-order valence-corrected chi connectivity index (χ1v) is 9.18. The van der Waals surface area contributed by atoms with Crippen molar-refractivity contribution in [3.05, 3.63) is 34.9 Å². The summed E-state index contributed by atoms with van der Waals surface area (Å²) in [5.41, 5.74) is 0.321. The standard InChI is InChI=1S/C15H14N2O7S/c1-25(22,23)24-7-8-3-2-4-9-12(8)15(21)17(14(9)20)10-5-6-11(18)16-13(10)19/h2-4,10H,5-7H2,1H3,(H,16,18,19). The molecule has 2 aliphatic rings. The van der Waals surface area contributed by atoms with Crippen LogP contribution < -0.4 is 5.32 Å². The molecule has 1 aromatic carbocycles. The number of rotatable bonds is 4. The molecule has 0 radical (unpaired) electrons. The summed E-state index contributed by atoms with van der Waals surface area (Å²) in [5, 5.41) is 2.11. The molecule has 1 atom stereocenters. The normalized spacial score (nSPS) is 20.7. The van der Waals surface area contributed by atoms with Crippen LogP contribution in [-0.4, -0.2) is 49.2 Å². The average Bonchev–Trinajstić information content (AvgIpc) is 2.77. The molecule has 1 N–H and O–H groups in total. The van der Waals surface area contributed by atoms with E-state index in [1.165, 1.54) is 18.2 Å². The van der Waals surface area contributed by atoms with Crippen LogP contribution in [0.25, 0.3) is 0 Å². The number of benzene rings is 1. The Morgan fingerprint density at radius 1 is 1.20 bits per heavy atom. The van der Waals surface area contributed by atoms with Gasteiger partial charge in [-0.3, -0.25) is 33.6 Å². The number of hydrogen-bond donors (Lipinski definition) is 1. The fourth-order valence-electron chi connectivity index (χ4n) is 2.88. The predicted molar refractivity (Wildman–Crippen MR) is 82.7 cm³/mol. The summed E-state index contributed by atoms with van der Waals surface area (Å²) in [6.45, 7) is -0.399. The molecule has 1 aromatic rings. The largest absolute Gasteiger partial charge is 0.295 e. The highest BCUT2D eigenvalue weighted by Crippen LogP contribution is 2.30. The molecule has 25 heavy (non-hydrogen) atoms. The topological polar surface area (TPSA) is 127 Å². The highest BCUT2D eigenvalue weighted by atomic mass is 32.2. The van der Waals surface area contributed by atoms with Gasteiger partial charge in [0, 0.05) is 6.42 Å². The summed E-state index contributed by atoms with van der Waals surface area (Å²) in [7, 11) is -3.73. The average molecular weight is 366 g/mol. The minimum absolute atomic E-state index is 0.0147. The van der Waals surface area contributed by atoms with Crippen LogP contribution in [0, 0.1) is 0 Å². The number of hydrogen-bond acceptors (Lipinski definition) is 7. The third-order valence-corrected chi connectivity index (χ3v) is 4.53. The molecular formula is C15H14N2O7S. The molecule has 1 unspecified atom stereocenters. The molecule has 0 aliphatic carbocycles. The van der Waals surface area contributed by atoms with Crippen molar-refractivity contribution in [2.45, 2.75) is 25.5 Å². The zero-order chi connectivity index (χ0) is 18.4. The molecule has 2 heterocycles. The summed E-state index contributed by atoms with van der Waals surface area (Å²) in [6.07, 6.45) is 0.942. The lowest BCUT2D eigenvalue weighted by Crippen LogP contribution is -2.54. The van der Waals surface area contributed by atoms with Gasteiger partial charge in [0.15, 0.2) is 0 Å². The minimum atomic E-state index is -3.73. The van der Waals surface area contributed by atoms with Crippen LogP contribution in [-0.2, 0) is 30.5 Å². The van der Waals surface area contributed by atoms with Crippen molar-refractivity contribution in [3.63, 3.8) is 0 Å². The highest BCUT2D eigenvalue weighted by molar-refractivity contribution is 7.85. The van der Waals surface area contributed by atoms with Crippen LogP contribution in [0.5, 0.6) is 0 Å². The first kappa shape index (κ1) is 17.2. The van der Waals surface area contributed by atoms with Crippen molar-refractivity contribution in [1.29, 1.82) is 0 Å². The zero-order valence-electron chi connectivity index (χ0n) is 13.1. The lowest BCUT2D eigenvalue weighted by atomic mass is 10.0.